The van der Waals surface area contributed by atoms with Gasteiger partial charge in [-0.3, -0.25) is 4.79 Å². The van der Waals surface area contributed by atoms with E-state index >= 15 is 0 Å². The molecule has 0 saturated carbocycles. The summed E-state index contributed by atoms with van der Waals surface area (Å²) in [5.74, 6) is -0.661. The van der Waals surface area contributed by atoms with E-state index < -0.39 is 18.0 Å². The summed E-state index contributed by atoms with van der Waals surface area (Å²) in [6.07, 6.45) is -0.0980. The maximum Gasteiger partial charge on any atom is 0.223 e. The number of aliphatic hydroxyl groups is 2. The first-order valence-electron chi connectivity index (χ1n) is 7.36. The molecule has 0 fully saturated rings. The van der Waals surface area contributed by atoms with Crippen molar-refractivity contribution in [1.82, 2.24) is 5.32 Å². The number of nitrogens with one attached hydrogen (secondary N) is 1. The zero-order chi connectivity index (χ0) is 15.8. The lowest BCUT2D eigenvalue weighted by atomic mass is 9.96. The number of aliphatic hydroxyl groups excluding tert-OH is 2. The fourth-order valence-corrected chi connectivity index (χ4v) is 2.30. The Morgan fingerprint density at radius 2 is 1.95 bits per heavy atom. The van der Waals surface area contributed by atoms with Crippen LogP contribution in [0.5, 0.6) is 0 Å². The van der Waals surface area contributed by atoms with Gasteiger partial charge in [-0.05, 0) is 23.6 Å². The summed E-state index contributed by atoms with van der Waals surface area (Å²) >= 11 is 0. The van der Waals surface area contributed by atoms with Crippen molar-refractivity contribution in [2.45, 2.75) is 45.3 Å². The third-order valence-corrected chi connectivity index (χ3v) is 3.71. The molecule has 1 amide bonds. The molecule has 21 heavy (non-hydrogen) atoms. The standard InChI is InChI=1S/C16H24FNO3/c1-3-11(4-2)15(20)10-18-16(21)9-14(19)12-6-5-7-13(17)8-12/h5-8,11,14-15,19-20H,3-4,9-10H2,1-2H3,(H,18,21). The van der Waals surface area contributed by atoms with Crippen molar-refractivity contribution in [2.24, 2.45) is 5.92 Å². The molecule has 0 aliphatic carbocycles. The number of benzene rings is 1. The van der Waals surface area contributed by atoms with Gasteiger partial charge in [-0.25, -0.2) is 4.39 Å². The Hall–Kier alpha value is -1.46. The average Bonchev–Trinajstić information content (AvgIpc) is 2.46. The zero-order valence-corrected chi connectivity index (χ0v) is 12.6. The van der Waals surface area contributed by atoms with E-state index in [-0.39, 0.29) is 24.8 Å². The molecule has 5 heteroatoms. The molecule has 2 unspecified atom stereocenters. The minimum atomic E-state index is -1.05. The smallest absolute Gasteiger partial charge is 0.223 e. The molecule has 4 nitrogen and oxygen atoms in total. The molecule has 1 aromatic rings. The van der Waals surface area contributed by atoms with E-state index in [1.165, 1.54) is 18.2 Å². The van der Waals surface area contributed by atoms with E-state index in [0.29, 0.717) is 5.56 Å². The van der Waals surface area contributed by atoms with Crippen molar-refractivity contribution < 1.29 is 19.4 Å². The topological polar surface area (TPSA) is 69.6 Å². The first kappa shape index (κ1) is 17.6. The molecule has 3 N–H and O–H groups in total. The van der Waals surface area contributed by atoms with Crippen LogP contribution >= 0.6 is 0 Å². The quantitative estimate of drug-likeness (QED) is 0.688. The number of amides is 1. The summed E-state index contributed by atoms with van der Waals surface area (Å²) in [6, 6.07) is 5.54. The monoisotopic (exact) mass is 297 g/mol. The van der Waals surface area contributed by atoms with Crippen molar-refractivity contribution in [3.05, 3.63) is 35.6 Å². The van der Waals surface area contributed by atoms with E-state index in [2.05, 4.69) is 5.32 Å². The first-order valence-corrected chi connectivity index (χ1v) is 7.36. The van der Waals surface area contributed by atoms with Crippen LogP contribution in [0.25, 0.3) is 0 Å². The van der Waals surface area contributed by atoms with Gasteiger partial charge in [0.1, 0.15) is 5.82 Å². The van der Waals surface area contributed by atoms with Crippen LogP contribution in [0.4, 0.5) is 4.39 Å². The van der Waals surface area contributed by atoms with Crippen LogP contribution in [0.15, 0.2) is 24.3 Å². The zero-order valence-electron chi connectivity index (χ0n) is 12.6. The van der Waals surface area contributed by atoms with Crippen LogP contribution in [0, 0.1) is 11.7 Å². The lowest BCUT2D eigenvalue weighted by molar-refractivity contribution is -0.123. The van der Waals surface area contributed by atoms with Crippen molar-refractivity contribution in [2.75, 3.05) is 6.54 Å². The Balaban J connectivity index is 2.43. The van der Waals surface area contributed by atoms with Gasteiger partial charge >= 0.3 is 0 Å². The third kappa shape index (κ3) is 5.81. The van der Waals surface area contributed by atoms with Gasteiger partial charge in [-0.2, -0.15) is 0 Å². The molecule has 0 aliphatic heterocycles. The summed E-state index contributed by atoms with van der Waals surface area (Å²) in [5, 5.41) is 22.4. The summed E-state index contributed by atoms with van der Waals surface area (Å²) in [4.78, 5) is 11.7. The third-order valence-electron chi connectivity index (χ3n) is 3.71. The lowest BCUT2D eigenvalue weighted by Crippen LogP contribution is -2.36. The fraction of sp³-hybridized carbons (Fsp3) is 0.562. The van der Waals surface area contributed by atoms with E-state index in [4.69, 9.17) is 0 Å². The molecular formula is C16H24FNO3. The van der Waals surface area contributed by atoms with Crippen LogP contribution in [-0.2, 0) is 4.79 Å². The molecule has 0 spiro atoms. The summed E-state index contributed by atoms with van der Waals surface area (Å²) < 4.78 is 13.0. The normalized spacial score (nSPS) is 14.0. The van der Waals surface area contributed by atoms with E-state index in [9.17, 15) is 19.4 Å². The van der Waals surface area contributed by atoms with E-state index in [0.717, 1.165) is 12.8 Å². The summed E-state index contributed by atoms with van der Waals surface area (Å²) in [7, 11) is 0. The van der Waals surface area contributed by atoms with E-state index in [1.807, 2.05) is 13.8 Å². The highest BCUT2D eigenvalue weighted by Crippen LogP contribution is 2.17. The molecule has 0 radical (unpaired) electrons. The fourth-order valence-electron chi connectivity index (χ4n) is 2.30. The van der Waals surface area contributed by atoms with Gasteiger partial charge in [0.05, 0.1) is 18.6 Å². The second kappa shape index (κ2) is 8.74. The van der Waals surface area contributed by atoms with Crippen molar-refractivity contribution in [3.8, 4) is 0 Å². The Morgan fingerprint density at radius 3 is 2.52 bits per heavy atom. The molecule has 1 rings (SSSR count). The predicted octanol–water partition coefficient (Wildman–Crippen LogP) is 2.16. The SMILES string of the molecule is CCC(CC)C(O)CNC(=O)CC(O)c1cccc(F)c1. The average molecular weight is 297 g/mol. The van der Waals surface area contributed by atoms with Crippen LogP contribution in [0.1, 0.15) is 44.8 Å². The number of hydrogen-bond acceptors (Lipinski definition) is 3. The first-order chi connectivity index (χ1) is 9.97. The highest BCUT2D eigenvalue weighted by Gasteiger charge is 2.18. The summed E-state index contributed by atoms with van der Waals surface area (Å²) in [6.45, 7) is 4.15. The molecule has 0 heterocycles. The number of carbonyl (C=O) groups excluding carboxylic acids is 1. The Morgan fingerprint density at radius 1 is 1.29 bits per heavy atom. The van der Waals surface area contributed by atoms with E-state index in [1.54, 1.807) is 6.07 Å². The minimum absolute atomic E-state index is 0.151. The number of halogens is 1. The lowest BCUT2D eigenvalue weighted by Gasteiger charge is -2.20. The van der Waals surface area contributed by atoms with Crippen molar-refractivity contribution in [3.63, 3.8) is 0 Å². The molecule has 0 bridgehead atoms. The molecule has 2 atom stereocenters. The Kier molecular flexibility index (Phi) is 7.32. The maximum atomic E-state index is 13.0. The number of carbonyl (C=O) groups is 1. The highest BCUT2D eigenvalue weighted by atomic mass is 19.1. The van der Waals surface area contributed by atoms with Gasteiger partial charge in [0.15, 0.2) is 0 Å². The van der Waals surface area contributed by atoms with Crippen molar-refractivity contribution in [1.29, 1.82) is 0 Å². The van der Waals surface area contributed by atoms with Gasteiger partial charge in [0.2, 0.25) is 5.91 Å². The molecule has 0 aromatic heterocycles. The molecule has 0 aliphatic rings. The predicted molar refractivity (Wildman–Crippen MR) is 79.1 cm³/mol. The van der Waals surface area contributed by atoms with Gasteiger partial charge in [-0.1, -0.05) is 38.8 Å². The van der Waals surface area contributed by atoms with Crippen LogP contribution < -0.4 is 5.32 Å². The van der Waals surface area contributed by atoms with Crippen LogP contribution in [-0.4, -0.2) is 28.8 Å². The van der Waals surface area contributed by atoms with Gasteiger partial charge in [0, 0.05) is 6.54 Å². The Labute approximate surface area is 125 Å². The van der Waals surface area contributed by atoms with Gasteiger partial charge < -0.3 is 15.5 Å². The highest BCUT2D eigenvalue weighted by molar-refractivity contribution is 5.76. The minimum Gasteiger partial charge on any atom is -0.391 e. The van der Waals surface area contributed by atoms with Crippen LogP contribution in [0.3, 0.4) is 0 Å². The largest absolute Gasteiger partial charge is 0.391 e. The van der Waals surface area contributed by atoms with Crippen molar-refractivity contribution >= 4 is 5.91 Å². The molecule has 1 aromatic carbocycles. The van der Waals surface area contributed by atoms with Gasteiger partial charge in [0.25, 0.3) is 0 Å². The molecule has 118 valence electrons. The second-order valence-corrected chi connectivity index (χ2v) is 5.22. The van der Waals surface area contributed by atoms with Crippen LogP contribution in [0.2, 0.25) is 0 Å². The Bertz CT molecular complexity index is 449. The number of rotatable bonds is 8. The maximum absolute atomic E-state index is 13.0. The van der Waals surface area contributed by atoms with Gasteiger partial charge in [-0.15, -0.1) is 0 Å². The molecular weight excluding hydrogens is 273 g/mol. The second-order valence-electron chi connectivity index (χ2n) is 5.22. The molecule has 0 saturated heterocycles. The number of hydrogen-bond donors (Lipinski definition) is 3. The summed E-state index contributed by atoms with van der Waals surface area (Å²) in [5.41, 5.74) is 0.366.